The second kappa shape index (κ2) is 6.33. The van der Waals surface area contributed by atoms with Gasteiger partial charge in [0.05, 0.1) is 5.92 Å². The van der Waals surface area contributed by atoms with Gasteiger partial charge in [-0.05, 0) is 38.3 Å². The van der Waals surface area contributed by atoms with Crippen LogP contribution in [0.4, 0.5) is 13.2 Å². The Morgan fingerprint density at radius 1 is 1.36 bits per heavy atom. The van der Waals surface area contributed by atoms with Gasteiger partial charge < -0.3 is 9.84 Å². The van der Waals surface area contributed by atoms with E-state index in [1.165, 1.54) is 0 Å². The SMILES string of the molecule is Cc1ccc(OCC(=O)N2N=C3CCCC[C@H]3[C@@]2(O)C(F)(F)F)cc1. The number of carbonyl (C=O) groups is 1. The van der Waals surface area contributed by atoms with Crippen molar-refractivity contribution in [3.63, 3.8) is 0 Å². The zero-order valence-corrected chi connectivity index (χ0v) is 13.7. The van der Waals surface area contributed by atoms with Gasteiger partial charge in [-0.3, -0.25) is 4.79 Å². The molecule has 0 radical (unpaired) electrons. The number of nitrogens with zero attached hydrogens (tertiary/aromatic N) is 2. The third-order valence-electron chi connectivity index (χ3n) is 4.65. The number of aryl methyl sites for hydroxylation is 1. The number of fused-ring (bicyclic) bond motifs is 1. The Hall–Kier alpha value is -2.09. The number of hydrogen-bond acceptors (Lipinski definition) is 4. The normalized spacial score (nSPS) is 26.2. The molecule has 3 rings (SSSR count). The summed E-state index contributed by atoms with van der Waals surface area (Å²) in [7, 11) is 0. The molecule has 136 valence electrons. The topological polar surface area (TPSA) is 62.1 Å². The van der Waals surface area contributed by atoms with E-state index in [1.807, 2.05) is 6.92 Å². The highest BCUT2D eigenvalue weighted by Gasteiger charge is 2.68. The van der Waals surface area contributed by atoms with E-state index in [0.29, 0.717) is 25.0 Å². The smallest absolute Gasteiger partial charge is 0.439 e. The lowest BCUT2D eigenvalue weighted by Crippen LogP contribution is -2.62. The molecule has 2 atom stereocenters. The zero-order valence-electron chi connectivity index (χ0n) is 13.7. The van der Waals surface area contributed by atoms with Gasteiger partial charge >= 0.3 is 6.18 Å². The van der Waals surface area contributed by atoms with Gasteiger partial charge in [0.15, 0.2) is 6.61 Å². The molecule has 5 nitrogen and oxygen atoms in total. The maximum Gasteiger partial charge on any atom is 0.439 e. The van der Waals surface area contributed by atoms with Crippen molar-refractivity contribution in [3.05, 3.63) is 29.8 Å². The van der Waals surface area contributed by atoms with Crippen molar-refractivity contribution in [2.75, 3.05) is 6.61 Å². The number of rotatable bonds is 3. The lowest BCUT2D eigenvalue weighted by molar-refractivity contribution is -0.317. The highest BCUT2D eigenvalue weighted by atomic mass is 19.4. The van der Waals surface area contributed by atoms with E-state index in [-0.39, 0.29) is 17.1 Å². The first-order valence-corrected chi connectivity index (χ1v) is 8.12. The first kappa shape index (κ1) is 17.7. The molecule has 1 aromatic carbocycles. The summed E-state index contributed by atoms with van der Waals surface area (Å²) >= 11 is 0. The van der Waals surface area contributed by atoms with Crippen molar-refractivity contribution in [2.24, 2.45) is 11.0 Å². The molecular weight excluding hydrogens is 337 g/mol. The lowest BCUT2D eigenvalue weighted by atomic mass is 9.80. The Bertz CT molecular complexity index is 687. The summed E-state index contributed by atoms with van der Waals surface area (Å²) in [4.78, 5) is 12.3. The summed E-state index contributed by atoms with van der Waals surface area (Å²) < 4.78 is 46.0. The molecule has 25 heavy (non-hydrogen) atoms. The Morgan fingerprint density at radius 2 is 2.04 bits per heavy atom. The fourth-order valence-electron chi connectivity index (χ4n) is 3.31. The molecule has 8 heteroatoms. The van der Waals surface area contributed by atoms with Crippen LogP contribution in [0.5, 0.6) is 5.75 Å². The second-order valence-electron chi connectivity index (χ2n) is 6.42. The standard InChI is InChI=1S/C17H19F3N2O3/c1-11-6-8-12(9-7-11)25-10-15(23)22-16(24,17(18,19)20)13-4-2-3-5-14(13)21-22/h6-9,13,24H,2-5,10H2,1H3/t13-,16-/m1/s1. The number of aliphatic hydroxyl groups is 1. The third kappa shape index (κ3) is 3.10. The average Bonchev–Trinajstić information content (AvgIpc) is 2.89. The Labute approximate surface area is 143 Å². The van der Waals surface area contributed by atoms with Crippen LogP contribution >= 0.6 is 0 Å². The van der Waals surface area contributed by atoms with Gasteiger partial charge in [0.1, 0.15) is 5.75 Å². The van der Waals surface area contributed by atoms with E-state index >= 15 is 0 Å². The fourth-order valence-corrected chi connectivity index (χ4v) is 3.31. The molecule has 1 saturated carbocycles. The summed E-state index contributed by atoms with van der Waals surface area (Å²) in [5.41, 5.74) is -2.08. The highest BCUT2D eigenvalue weighted by molar-refractivity contribution is 5.93. The number of carbonyl (C=O) groups excluding carboxylic acids is 1. The van der Waals surface area contributed by atoms with E-state index in [1.54, 1.807) is 24.3 Å². The van der Waals surface area contributed by atoms with Crippen LogP contribution in [0.25, 0.3) is 0 Å². The summed E-state index contributed by atoms with van der Waals surface area (Å²) in [6.07, 6.45) is -3.24. The fraction of sp³-hybridized carbons (Fsp3) is 0.529. The summed E-state index contributed by atoms with van der Waals surface area (Å²) in [5.74, 6) is -1.87. The largest absolute Gasteiger partial charge is 0.484 e. The van der Waals surface area contributed by atoms with Crippen LogP contribution in [0.3, 0.4) is 0 Å². The minimum Gasteiger partial charge on any atom is -0.484 e. The number of hydrazone groups is 1. The number of hydrogen-bond donors (Lipinski definition) is 1. The Morgan fingerprint density at radius 3 is 2.68 bits per heavy atom. The molecule has 1 aromatic rings. The molecule has 1 aliphatic carbocycles. The Kier molecular flexibility index (Phi) is 4.49. The quantitative estimate of drug-likeness (QED) is 0.906. The molecule has 1 aliphatic heterocycles. The maximum absolute atomic E-state index is 13.6. The molecule has 0 aromatic heterocycles. The van der Waals surface area contributed by atoms with Gasteiger partial charge in [-0.15, -0.1) is 0 Å². The highest BCUT2D eigenvalue weighted by Crippen LogP contribution is 2.48. The minimum absolute atomic E-state index is 0.150. The molecule has 0 unspecified atom stereocenters. The number of halogens is 3. The van der Waals surface area contributed by atoms with Crippen LogP contribution < -0.4 is 4.74 Å². The van der Waals surface area contributed by atoms with Crippen molar-refractivity contribution in [2.45, 2.75) is 44.5 Å². The minimum atomic E-state index is -5.00. The van der Waals surface area contributed by atoms with Crippen LogP contribution in [-0.2, 0) is 4.79 Å². The molecule has 0 bridgehead atoms. The molecule has 0 saturated heterocycles. The van der Waals surface area contributed by atoms with Gasteiger partial charge in [0.25, 0.3) is 11.6 Å². The van der Waals surface area contributed by atoms with E-state index in [4.69, 9.17) is 4.74 Å². The van der Waals surface area contributed by atoms with Crippen LogP contribution in [0.15, 0.2) is 29.4 Å². The first-order valence-electron chi connectivity index (χ1n) is 8.12. The van der Waals surface area contributed by atoms with Crippen LogP contribution in [0.1, 0.15) is 31.2 Å². The number of alkyl halides is 3. The van der Waals surface area contributed by atoms with Crippen LogP contribution in [-0.4, -0.2) is 40.2 Å². The van der Waals surface area contributed by atoms with Crippen molar-refractivity contribution in [1.29, 1.82) is 0 Å². The first-order chi connectivity index (χ1) is 11.7. The number of ether oxygens (including phenoxy) is 1. The molecule has 0 spiro atoms. The van der Waals surface area contributed by atoms with Gasteiger partial charge in [-0.25, -0.2) is 0 Å². The number of amides is 1. The molecular formula is C17H19F3N2O3. The molecule has 1 N–H and O–H groups in total. The number of benzene rings is 1. The van der Waals surface area contributed by atoms with E-state index in [0.717, 1.165) is 5.56 Å². The summed E-state index contributed by atoms with van der Waals surface area (Å²) in [5, 5.41) is 14.4. The van der Waals surface area contributed by atoms with Gasteiger partial charge in [0.2, 0.25) is 0 Å². The van der Waals surface area contributed by atoms with Crippen LogP contribution in [0, 0.1) is 12.8 Å². The van der Waals surface area contributed by atoms with E-state index in [9.17, 15) is 23.1 Å². The second-order valence-corrected chi connectivity index (χ2v) is 6.42. The lowest BCUT2D eigenvalue weighted by Gasteiger charge is -2.38. The van der Waals surface area contributed by atoms with Gasteiger partial charge in [-0.2, -0.15) is 23.3 Å². The van der Waals surface area contributed by atoms with Gasteiger partial charge in [0, 0.05) is 5.71 Å². The maximum atomic E-state index is 13.6. The summed E-state index contributed by atoms with van der Waals surface area (Å²) in [6, 6.07) is 6.76. The van der Waals surface area contributed by atoms with Crippen molar-refractivity contribution in [1.82, 2.24) is 5.01 Å². The zero-order chi connectivity index (χ0) is 18.2. The van der Waals surface area contributed by atoms with E-state index < -0.39 is 30.3 Å². The predicted molar refractivity (Wildman–Crippen MR) is 83.9 cm³/mol. The van der Waals surface area contributed by atoms with Crippen molar-refractivity contribution < 1.29 is 27.8 Å². The molecule has 2 aliphatic rings. The summed E-state index contributed by atoms with van der Waals surface area (Å²) in [6.45, 7) is 1.24. The molecule has 1 heterocycles. The monoisotopic (exact) mass is 356 g/mol. The van der Waals surface area contributed by atoms with Crippen LogP contribution in [0.2, 0.25) is 0 Å². The Balaban J connectivity index is 1.79. The van der Waals surface area contributed by atoms with Crippen molar-refractivity contribution >= 4 is 11.6 Å². The molecule has 1 fully saturated rings. The van der Waals surface area contributed by atoms with Crippen molar-refractivity contribution in [3.8, 4) is 5.75 Å². The van der Waals surface area contributed by atoms with E-state index in [2.05, 4.69) is 5.10 Å². The predicted octanol–water partition coefficient (Wildman–Crippen LogP) is 3.01. The average molecular weight is 356 g/mol. The molecule has 1 amide bonds. The van der Waals surface area contributed by atoms with Gasteiger partial charge in [-0.1, -0.05) is 24.1 Å². The third-order valence-corrected chi connectivity index (χ3v) is 4.65.